The van der Waals surface area contributed by atoms with E-state index in [1.165, 1.54) is 23.9 Å². The Morgan fingerprint density at radius 2 is 2.00 bits per heavy atom. The third-order valence-corrected chi connectivity index (χ3v) is 4.47. The van der Waals surface area contributed by atoms with E-state index in [0.717, 1.165) is 18.2 Å². The lowest BCUT2D eigenvalue weighted by Crippen LogP contribution is -2.25. The van der Waals surface area contributed by atoms with Crippen LogP contribution in [-0.4, -0.2) is 6.04 Å². The van der Waals surface area contributed by atoms with E-state index in [9.17, 15) is 8.78 Å². The summed E-state index contributed by atoms with van der Waals surface area (Å²) in [7, 11) is 0. The molecule has 0 aliphatic rings. The summed E-state index contributed by atoms with van der Waals surface area (Å²) in [5.74, 6) is 0.336. The number of aryl methyl sites for hydroxylation is 1. The van der Waals surface area contributed by atoms with E-state index < -0.39 is 11.6 Å². The molecule has 2 nitrogen and oxygen atoms in total. The first-order valence-electron chi connectivity index (χ1n) is 6.45. The highest BCUT2D eigenvalue weighted by molar-refractivity contribution is 7.99. The zero-order valence-corrected chi connectivity index (χ0v) is 12.2. The number of nitrogens with two attached hydrogens (primary N) is 1. The molecule has 2 N–H and O–H groups in total. The van der Waals surface area contributed by atoms with Gasteiger partial charge in [0, 0.05) is 17.0 Å². The normalized spacial score (nSPS) is 14.2. The summed E-state index contributed by atoms with van der Waals surface area (Å²) in [6.07, 6.45) is 0.736. The molecule has 1 aromatic carbocycles. The average Bonchev–Trinajstić information content (AvgIpc) is 2.83. The highest BCUT2D eigenvalue weighted by atomic mass is 32.2. The minimum atomic E-state index is -0.586. The number of rotatable bonds is 5. The van der Waals surface area contributed by atoms with Crippen LogP contribution in [0.5, 0.6) is 0 Å². The van der Waals surface area contributed by atoms with Gasteiger partial charge in [0.25, 0.3) is 0 Å². The Kier molecular flexibility index (Phi) is 4.83. The number of furan rings is 1. The molecule has 5 heteroatoms. The number of benzene rings is 1. The van der Waals surface area contributed by atoms with Crippen molar-refractivity contribution in [3.05, 3.63) is 53.5 Å². The fourth-order valence-electron chi connectivity index (χ4n) is 1.88. The molecule has 0 aliphatic carbocycles. The van der Waals surface area contributed by atoms with Gasteiger partial charge < -0.3 is 10.2 Å². The Hall–Kier alpha value is -1.33. The van der Waals surface area contributed by atoms with Gasteiger partial charge in [0.05, 0.1) is 5.25 Å². The van der Waals surface area contributed by atoms with Crippen molar-refractivity contribution in [3.8, 4) is 0 Å². The Morgan fingerprint density at radius 3 is 2.55 bits per heavy atom. The van der Waals surface area contributed by atoms with Crippen LogP contribution in [0.1, 0.15) is 30.1 Å². The summed E-state index contributed by atoms with van der Waals surface area (Å²) in [5, 5.41) is -0.200. The first-order valence-corrected chi connectivity index (χ1v) is 7.33. The van der Waals surface area contributed by atoms with Crippen LogP contribution in [0.3, 0.4) is 0 Å². The maximum absolute atomic E-state index is 13.8. The average molecular weight is 297 g/mol. The number of halogens is 2. The van der Waals surface area contributed by atoms with Gasteiger partial charge in [-0.15, -0.1) is 11.8 Å². The number of hydrogen-bond acceptors (Lipinski definition) is 3. The molecule has 0 saturated carbocycles. The van der Waals surface area contributed by atoms with Crippen LogP contribution in [-0.2, 0) is 0 Å². The van der Waals surface area contributed by atoms with Gasteiger partial charge in [-0.05, 0) is 37.6 Å². The van der Waals surface area contributed by atoms with Crippen molar-refractivity contribution >= 4 is 11.8 Å². The largest absolute Gasteiger partial charge is 0.465 e. The van der Waals surface area contributed by atoms with Gasteiger partial charge in [0.15, 0.2) is 0 Å². The predicted octanol–water partition coefficient (Wildman–Crippen LogP) is 4.44. The van der Waals surface area contributed by atoms with Crippen LogP contribution in [0.4, 0.5) is 8.78 Å². The molecule has 0 spiro atoms. The van der Waals surface area contributed by atoms with Gasteiger partial charge in [-0.2, -0.15) is 0 Å². The lowest BCUT2D eigenvalue weighted by molar-refractivity contribution is 0.454. The highest BCUT2D eigenvalue weighted by Gasteiger charge is 2.24. The van der Waals surface area contributed by atoms with E-state index in [1.807, 2.05) is 26.0 Å². The molecule has 2 atom stereocenters. The summed E-state index contributed by atoms with van der Waals surface area (Å²) >= 11 is 1.26. The van der Waals surface area contributed by atoms with Gasteiger partial charge in [-0.3, -0.25) is 0 Å². The highest BCUT2D eigenvalue weighted by Crippen LogP contribution is 2.39. The van der Waals surface area contributed by atoms with Crippen LogP contribution >= 0.6 is 11.8 Å². The van der Waals surface area contributed by atoms with Gasteiger partial charge in [-0.25, -0.2) is 8.78 Å². The molecule has 0 radical (unpaired) electrons. The van der Waals surface area contributed by atoms with E-state index in [1.54, 1.807) is 0 Å². The van der Waals surface area contributed by atoms with Gasteiger partial charge in [0.2, 0.25) is 0 Å². The maximum atomic E-state index is 13.8. The fourth-order valence-corrected chi connectivity index (χ4v) is 3.09. The Labute approximate surface area is 121 Å². The van der Waals surface area contributed by atoms with Crippen LogP contribution in [0, 0.1) is 18.6 Å². The minimum absolute atomic E-state index is 0.171. The van der Waals surface area contributed by atoms with Crippen molar-refractivity contribution in [3.63, 3.8) is 0 Å². The van der Waals surface area contributed by atoms with Gasteiger partial charge in [0.1, 0.15) is 23.2 Å². The molecule has 0 saturated heterocycles. The molecule has 0 aliphatic heterocycles. The molecule has 20 heavy (non-hydrogen) atoms. The lowest BCUT2D eigenvalue weighted by Gasteiger charge is -2.20. The topological polar surface area (TPSA) is 39.2 Å². The molecular formula is C15H17F2NOS. The molecule has 0 fully saturated rings. The third kappa shape index (κ3) is 3.41. The number of hydrogen-bond donors (Lipinski definition) is 1. The third-order valence-electron chi connectivity index (χ3n) is 3.05. The molecule has 2 rings (SSSR count). The SMILES string of the molecule is CCC(N)C(Sc1ccc(F)cc1F)c1ccc(C)o1. The number of thioether (sulfide) groups is 1. The van der Waals surface area contributed by atoms with E-state index >= 15 is 0 Å². The summed E-state index contributed by atoms with van der Waals surface area (Å²) in [6, 6.07) is 7.09. The second kappa shape index (κ2) is 6.41. The maximum Gasteiger partial charge on any atom is 0.139 e. The van der Waals surface area contributed by atoms with Crippen LogP contribution in [0.15, 0.2) is 39.6 Å². The molecule has 108 valence electrons. The standard InChI is InChI=1S/C15H17F2NOS/c1-3-12(18)15(13-6-4-9(2)19-13)20-14-7-5-10(16)8-11(14)17/h4-8,12,15H,3,18H2,1-2H3. The summed E-state index contributed by atoms with van der Waals surface area (Å²) in [6.45, 7) is 3.82. The van der Waals surface area contributed by atoms with Gasteiger partial charge >= 0.3 is 0 Å². The molecule has 0 amide bonds. The van der Waals surface area contributed by atoms with E-state index in [-0.39, 0.29) is 11.3 Å². The second-order valence-corrected chi connectivity index (χ2v) is 5.82. The fraction of sp³-hybridized carbons (Fsp3) is 0.333. The first kappa shape index (κ1) is 15.1. The second-order valence-electron chi connectivity index (χ2n) is 4.63. The van der Waals surface area contributed by atoms with Crippen molar-refractivity contribution < 1.29 is 13.2 Å². The van der Waals surface area contributed by atoms with Gasteiger partial charge in [-0.1, -0.05) is 6.92 Å². The Bertz CT molecular complexity index is 585. The monoisotopic (exact) mass is 297 g/mol. The summed E-state index contributed by atoms with van der Waals surface area (Å²) in [5.41, 5.74) is 6.11. The van der Waals surface area contributed by atoms with Crippen LogP contribution < -0.4 is 5.73 Å². The Balaban J connectivity index is 2.28. The molecule has 2 aromatic rings. The van der Waals surface area contributed by atoms with Crippen molar-refractivity contribution in [2.24, 2.45) is 5.73 Å². The molecule has 2 unspecified atom stereocenters. The van der Waals surface area contributed by atoms with Crippen molar-refractivity contribution in [1.29, 1.82) is 0 Å². The zero-order chi connectivity index (χ0) is 14.7. The van der Waals surface area contributed by atoms with Crippen molar-refractivity contribution in [2.45, 2.75) is 36.5 Å². The summed E-state index contributed by atoms with van der Waals surface area (Å²) in [4.78, 5) is 0.370. The molecule has 0 bridgehead atoms. The smallest absolute Gasteiger partial charge is 0.139 e. The molecule has 1 aromatic heterocycles. The Morgan fingerprint density at radius 1 is 1.25 bits per heavy atom. The van der Waals surface area contributed by atoms with E-state index in [4.69, 9.17) is 10.2 Å². The van der Waals surface area contributed by atoms with Crippen molar-refractivity contribution in [1.82, 2.24) is 0 Å². The first-order chi connectivity index (χ1) is 9.51. The zero-order valence-electron chi connectivity index (χ0n) is 11.4. The van der Waals surface area contributed by atoms with Crippen molar-refractivity contribution in [2.75, 3.05) is 0 Å². The van der Waals surface area contributed by atoms with Crippen LogP contribution in [0.25, 0.3) is 0 Å². The van der Waals surface area contributed by atoms with E-state index in [2.05, 4.69) is 0 Å². The van der Waals surface area contributed by atoms with E-state index in [0.29, 0.717) is 10.7 Å². The quantitative estimate of drug-likeness (QED) is 0.829. The molecular weight excluding hydrogens is 280 g/mol. The lowest BCUT2D eigenvalue weighted by atomic mass is 10.1. The molecule has 1 heterocycles. The summed E-state index contributed by atoms with van der Waals surface area (Å²) < 4.78 is 32.3. The minimum Gasteiger partial charge on any atom is -0.465 e. The van der Waals surface area contributed by atoms with Crippen LogP contribution in [0.2, 0.25) is 0 Å². The predicted molar refractivity (Wildman–Crippen MR) is 76.7 cm³/mol.